The summed E-state index contributed by atoms with van der Waals surface area (Å²) in [6.07, 6.45) is 1.75. The van der Waals surface area contributed by atoms with E-state index in [2.05, 4.69) is 23.1 Å². The van der Waals surface area contributed by atoms with Crippen molar-refractivity contribution in [2.75, 3.05) is 0 Å². The van der Waals surface area contributed by atoms with Gasteiger partial charge in [0, 0.05) is 13.0 Å². The van der Waals surface area contributed by atoms with Crippen molar-refractivity contribution >= 4 is 0 Å². The molecule has 1 heterocycles. The number of aromatic nitrogens is 2. The minimum Gasteiger partial charge on any atom is -0.485 e. The highest BCUT2D eigenvalue weighted by Crippen LogP contribution is 2.25. The van der Waals surface area contributed by atoms with Gasteiger partial charge in [-0.1, -0.05) is 30.3 Å². The fourth-order valence-corrected chi connectivity index (χ4v) is 2.04. The summed E-state index contributed by atoms with van der Waals surface area (Å²) in [5.74, 6) is 1.97. The maximum absolute atomic E-state index is 6.04. The van der Waals surface area contributed by atoms with Crippen molar-refractivity contribution in [1.82, 2.24) is 10.1 Å². The first-order valence-corrected chi connectivity index (χ1v) is 6.86. The summed E-state index contributed by atoms with van der Waals surface area (Å²) < 4.78 is 10.8. The van der Waals surface area contributed by atoms with Crippen molar-refractivity contribution in [1.29, 1.82) is 0 Å². The van der Waals surface area contributed by atoms with Crippen LogP contribution < -0.4 is 10.5 Å². The molecular weight excluding hydrogens is 254 g/mol. The van der Waals surface area contributed by atoms with E-state index in [1.54, 1.807) is 6.92 Å². The zero-order valence-electron chi connectivity index (χ0n) is 12.2. The minimum atomic E-state index is 0.145. The third-order valence-electron chi connectivity index (χ3n) is 3.22. The number of aryl methyl sites for hydroxylation is 2. The quantitative estimate of drug-likeness (QED) is 0.877. The normalized spacial score (nSPS) is 12.4. The van der Waals surface area contributed by atoms with Gasteiger partial charge in [0.25, 0.3) is 0 Å². The van der Waals surface area contributed by atoms with Gasteiger partial charge in [-0.05, 0) is 30.9 Å². The first-order valence-electron chi connectivity index (χ1n) is 6.86. The average molecular weight is 275 g/mol. The maximum Gasteiger partial charge on any atom is 0.223 e. The van der Waals surface area contributed by atoms with Gasteiger partial charge in [-0.15, -0.1) is 0 Å². The number of hydrogen-bond donors (Lipinski definition) is 1. The molecule has 108 valence electrons. The van der Waals surface area contributed by atoms with Gasteiger partial charge in [0.05, 0.1) is 0 Å². The summed E-state index contributed by atoms with van der Waals surface area (Å²) in [4.78, 5) is 4.13. The van der Waals surface area contributed by atoms with Gasteiger partial charge in [-0.2, -0.15) is 4.98 Å². The Morgan fingerprint density at radius 2 is 2.15 bits per heavy atom. The number of nitrogens with two attached hydrogens (primary N) is 1. The molecule has 2 rings (SSSR count). The Labute approximate surface area is 119 Å². The molecule has 0 saturated carbocycles. The van der Waals surface area contributed by atoms with E-state index in [-0.39, 0.29) is 6.04 Å². The number of benzene rings is 1. The molecule has 0 aliphatic carbocycles. The van der Waals surface area contributed by atoms with Crippen molar-refractivity contribution in [2.24, 2.45) is 5.73 Å². The molecule has 0 aliphatic rings. The van der Waals surface area contributed by atoms with Gasteiger partial charge in [-0.3, -0.25) is 0 Å². The third kappa shape index (κ3) is 3.57. The van der Waals surface area contributed by atoms with Crippen LogP contribution in [0.4, 0.5) is 0 Å². The van der Waals surface area contributed by atoms with E-state index in [4.69, 9.17) is 15.0 Å². The third-order valence-corrected chi connectivity index (χ3v) is 3.22. The van der Waals surface area contributed by atoms with E-state index in [0.717, 1.165) is 29.7 Å². The van der Waals surface area contributed by atoms with Crippen LogP contribution in [0.3, 0.4) is 0 Å². The molecule has 2 N–H and O–H groups in total. The zero-order chi connectivity index (χ0) is 14.5. The molecule has 1 unspecified atom stereocenters. The summed E-state index contributed by atoms with van der Waals surface area (Å²) in [5, 5.41) is 3.83. The molecule has 0 amide bonds. The molecule has 5 heteroatoms. The van der Waals surface area contributed by atoms with E-state index < -0.39 is 0 Å². The lowest BCUT2D eigenvalue weighted by Gasteiger charge is -2.15. The number of para-hydroxylation sites is 1. The molecule has 0 fully saturated rings. The largest absolute Gasteiger partial charge is 0.485 e. The Morgan fingerprint density at radius 3 is 2.80 bits per heavy atom. The Kier molecular flexibility index (Phi) is 4.74. The number of ether oxygens (including phenoxy) is 1. The summed E-state index contributed by atoms with van der Waals surface area (Å²) in [6, 6.07) is 6.25. The minimum absolute atomic E-state index is 0.145. The Morgan fingerprint density at radius 1 is 1.35 bits per heavy atom. The number of hydrogen-bond acceptors (Lipinski definition) is 5. The lowest BCUT2D eigenvalue weighted by molar-refractivity contribution is 0.280. The second-order valence-electron chi connectivity index (χ2n) is 4.95. The standard InChI is InChI=1S/C15H21N3O2/c1-4-13(16)8-12-7-5-6-10(2)15(12)19-9-14-17-11(3)20-18-14/h5-7,13H,4,8-9,16H2,1-3H3. The zero-order valence-corrected chi connectivity index (χ0v) is 12.2. The molecule has 0 radical (unpaired) electrons. The van der Waals surface area contributed by atoms with Crippen LogP contribution in [0.1, 0.15) is 36.2 Å². The van der Waals surface area contributed by atoms with Gasteiger partial charge in [0.1, 0.15) is 5.75 Å². The van der Waals surface area contributed by atoms with Crippen LogP contribution in [0.15, 0.2) is 22.7 Å². The van der Waals surface area contributed by atoms with Crippen LogP contribution in [-0.2, 0) is 13.0 Å². The first-order chi connectivity index (χ1) is 9.60. The van der Waals surface area contributed by atoms with Crippen LogP contribution >= 0.6 is 0 Å². The van der Waals surface area contributed by atoms with E-state index in [1.165, 1.54) is 0 Å². The lowest BCUT2D eigenvalue weighted by atomic mass is 10.0. The molecule has 0 saturated heterocycles. The van der Waals surface area contributed by atoms with Crippen LogP contribution in [0.25, 0.3) is 0 Å². The molecule has 1 atom stereocenters. The predicted molar refractivity (Wildman–Crippen MR) is 76.5 cm³/mol. The molecule has 1 aromatic heterocycles. The summed E-state index contributed by atoms with van der Waals surface area (Å²) in [6.45, 7) is 6.17. The highest BCUT2D eigenvalue weighted by Gasteiger charge is 2.12. The van der Waals surface area contributed by atoms with Crippen molar-refractivity contribution < 1.29 is 9.26 Å². The topological polar surface area (TPSA) is 74.2 Å². The molecule has 20 heavy (non-hydrogen) atoms. The van der Waals surface area contributed by atoms with Gasteiger partial charge in [0.2, 0.25) is 11.7 Å². The number of nitrogens with zero attached hydrogens (tertiary/aromatic N) is 2. The van der Waals surface area contributed by atoms with Crippen molar-refractivity contribution in [3.8, 4) is 5.75 Å². The average Bonchev–Trinajstić information content (AvgIpc) is 2.83. The molecule has 1 aromatic carbocycles. The van der Waals surface area contributed by atoms with Crippen LogP contribution in [0.2, 0.25) is 0 Å². The van der Waals surface area contributed by atoms with Crippen LogP contribution in [0.5, 0.6) is 5.75 Å². The van der Waals surface area contributed by atoms with Crippen molar-refractivity contribution in [3.63, 3.8) is 0 Å². The summed E-state index contributed by atoms with van der Waals surface area (Å²) in [5.41, 5.74) is 8.25. The summed E-state index contributed by atoms with van der Waals surface area (Å²) in [7, 11) is 0. The van der Waals surface area contributed by atoms with Gasteiger partial charge in [0.15, 0.2) is 6.61 Å². The highest BCUT2D eigenvalue weighted by molar-refractivity contribution is 5.41. The fraction of sp³-hybridized carbons (Fsp3) is 0.467. The Hall–Kier alpha value is -1.88. The Balaban J connectivity index is 2.12. The van der Waals surface area contributed by atoms with Gasteiger partial charge < -0.3 is 15.0 Å². The van der Waals surface area contributed by atoms with Gasteiger partial charge in [-0.25, -0.2) is 0 Å². The fourth-order valence-electron chi connectivity index (χ4n) is 2.04. The smallest absolute Gasteiger partial charge is 0.223 e. The predicted octanol–water partition coefficient (Wildman–Crippen LogP) is 2.55. The maximum atomic E-state index is 6.04. The molecule has 0 bridgehead atoms. The molecule has 0 aliphatic heterocycles. The Bertz CT molecular complexity index is 566. The highest BCUT2D eigenvalue weighted by atomic mass is 16.5. The molecule has 5 nitrogen and oxygen atoms in total. The molecule has 0 spiro atoms. The molecule has 2 aromatic rings. The van der Waals surface area contributed by atoms with E-state index in [1.807, 2.05) is 19.1 Å². The monoisotopic (exact) mass is 275 g/mol. The van der Waals surface area contributed by atoms with Crippen LogP contribution in [-0.4, -0.2) is 16.2 Å². The SMILES string of the molecule is CCC(N)Cc1cccc(C)c1OCc1noc(C)n1. The second kappa shape index (κ2) is 6.52. The lowest BCUT2D eigenvalue weighted by Crippen LogP contribution is -2.21. The van der Waals surface area contributed by atoms with E-state index in [9.17, 15) is 0 Å². The van der Waals surface area contributed by atoms with Crippen LogP contribution in [0, 0.1) is 13.8 Å². The first kappa shape index (κ1) is 14.5. The van der Waals surface area contributed by atoms with E-state index >= 15 is 0 Å². The van der Waals surface area contributed by atoms with Crippen molar-refractivity contribution in [3.05, 3.63) is 41.0 Å². The van der Waals surface area contributed by atoms with Gasteiger partial charge >= 0.3 is 0 Å². The van der Waals surface area contributed by atoms with E-state index in [0.29, 0.717) is 18.3 Å². The molecular formula is C15H21N3O2. The summed E-state index contributed by atoms with van der Waals surface area (Å²) >= 11 is 0. The van der Waals surface area contributed by atoms with Crippen molar-refractivity contribution in [2.45, 2.75) is 46.3 Å². The number of rotatable bonds is 6. The second-order valence-corrected chi connectivity index (χ2v) is 4.95.